The van der Waals surface area contributed by atoms with Gasteiger partial charge in [-0.1, -0.05) is 6.07 Å². The highest BCUT2D eigenvalue weighted by atomic mass is 16.5. The molecule has 0 spiro atoms. The molecule has 132 valence electrons. The van der Waals surface area contributed by atoms with Gasteiger partial charge in [-0.15, -0.1) is 0 Å². The molecule has 1 aliphatic heterocycles. The topological polar surface area (TPSA) is 64.8 Å². The van der Waals surface area contributed by atoms with E-state index in [1.807, 2.05) is 30.0 Å². The molecule has 1 saturated heterocycles. The van der Waals surface area contributed by atoms with Gasteiger partial charge in [0.15, 0.2) is 0 Å². The van der Waals surface area contributed by atoms with Crippen LogP contribution in [0.1, 0.15) is 35.2 Å². The summed E-state index contributed by atoms with van der Waals surface area (Å²) in [5.41, 5.74) is 7.28. The van der Waals surface area contributed by atoms with Gasteiger partial charge in [0.2, 0.25) is 0 Å². The summed E-state index contributed by atoms with van der Waals surface area (Å²) in [6, 6.07) is 5.81. The van der Waals surface area contributed by atoms with Crippen LogP contribution in [0.3, 0.4) is 0 Å². The zero-order valence-electron chi connectivity index (χ0n) is 14.7. The Balaban J connectivity index is 1.75. The first-order chi connectivity index (χ1) is 11.6. The molecule has 2 fully saturated rings. The average Bonchev–Trinajstić information content (AvgIpc) is 2.82. The number of aryl methyl sites for hydroxylation is 1. The quantitative estimate of drug-likeness (QED) is 0.811. The monoisotopic (exact) mass is 332 g/mol. The molecule has 0 radical (unpaired) electrons. The Kier molecular flexibility index (Phi) is 5.41. The molecule has 2 bridgehead atoms. The van der Waals surface area contributed by atoms with E-state index in [1.165, 1.54) is 0 Å². The number of amides is 1. The highest BCUT2D eigenvalue weighted by Gasteiger charge is 2.43. The lowest BCUT2D eigenvalue weighted by molar-refractivity contribution is -0.0114. The lowest BCUT2D eigenvalue weighted by atomic mass is 9.94. The van der Waals surface area contributed by atoms with E-state index in [9.17, 15) is 4.79 Å². The second kappa shape index (κ2) is 7.53. The molecule has 0 aromatic heterocycles. The SMILES string of the molecule is COC1[C@@H]2CC[C@H]1CN(C(=O)c1ccc(C)cc1OCCCN)C2. The fourth-order valence-electron chi connectivity index (χ4n) is 4.08. The van der Waals surface area contributed by atoms with Crippen LogP contribution in [0.15, 0.2) is 18.2 Å². The zero-order chi connectivity index (χ0) is 17.1. The number of benzene rings is 1. The van der Waals surface area contributed by atoms with Crippen LogP contribution in [0, 0.1) is 18.8 Å². The third kappa shape index (κ3) is 3.42. The molecule has 3 rings (SSSR count). The largest absolute Gasteiger partial charge is 0.493 e. The predicted octanol–water partition coefficient (Wildman–Crippen LogP) is 2.22. The van der Waals surface area contributed by atoms with E-state index >= 15 is 0 Å². The lowest BCUT2D eigenvalue weighted by Crippen LogP contribution is -2.48. The molecule has 1 heterocycles. The summed E-state index contributed by atoms with van der Waals surface area (Å²) < 4.78 is 11.5. The number of carbonyl (C=O) groups is 1. The van der Waals surface area contributed by atoms with Gasteiger partial charge in [-0.3, -0.25) is 4.79 Å². The fraction of sp³-hybridized carbons (Fsp3) is 0.632. The first kappa shape index (κ1) is 17.2. The van der Waals surface area contributed by atoms with E-state index < -0.39 is 0 Å². The van der Waals surface area contributed by atoms with Crippen LogP contribution in [0.2, 0.25) is 0 Å². The summed E-state index contributed by atoms with van der Waals surface area (Å²) in [4.78, 5) is 15.0. The second-order valence-electron chi connectivity index (χ2n) is 7.00. The third-order valence-corrected chi connectivity index (χ3v) is 5.28. The Labute approximate surface area is 144 Å². The molecule has 1 aromatic carbocycles. The Bertz CT molecular complexity index is 576. The van der Waals surface area contributed by atoms with E-state index in [0.717, 1.165) is 37.9 Å². The first-order valence-corrected chi connectivity index (χ1v) is 8.89. The molecule has 24 heavy (non-hydrogen) atoms. The number of fused-ring (bicyclic) bond motifs is 2. The van der Waals surface area contributed by atoms with Crippen LogP contribution in [0.4, 0.5) is 0 Å². The summed E-state index contributed by atoms with van der Waals surface area (Å²) in [7, 11) is 1.79. The number of likely N-dealkylation sites (tertiary alicyclic amines) is 1. The number of carbonyl (C=O) groups excluding carboxylic acids is 1. The molecular formula is C19H28N2O3. The average molecular weight is 332 g/mol. The summed E-state index contributed by atoms with van der Waals surface area (Å²) >= 11 is 0. The van der Waals surface area contributed by atoms with E-state index in [2.05, 4.69) is 0 Å². The molecule has 1 unspecified atom stereocenters. The summed E-state index contributed by atoms with van der Waals surface area (Å²) in [5, 5.41) is 0. The molecule has 1 saturated carbocycles. The molecule has 5 nitrogen and oxygen atoms in total. The molecule has 5 heteroatoms. The maximum Gasteiger partial charge on any atom is 0.257 e. The van der Waals surface area contributed by atoms with Crippen molar-refractivity contribution in [2.75, 3.05) is 33.4 Å². The van der Waals surface area contributed by atoms with Crippen LogP contribution < -0.4 is 10.5 Å². The summed E-state index contributed by atoms with van der Waals surface area (Å²) in [6.07, 6.45) is 3.40. The normalized spacial score (nSPS) is 25.8. The maximum absolute atomic E-state index is 13.1. The van der Waals surface area contributed by atoms with Crippen LogP contribution in [0.5, 0.6) is 5.75 Å². The molecule has 2 N–H and O–H groups in total. The number of ether oxygens (including phenoxy) is 2. The van der Waals surface area contributed by atoms with Gasteiger partial charge in [0.1, 0.15) is 5.75 Å². The minimum atomic E-state index is 0.0733. The van der Waals surface area contributed by atoms with Crippen molar-refractivity contribution in [2.45, 2.75) is 32.3 Å². The van der Waals surface area contributed by atoms with Gasteiger partial charge in [-0.05, 0) is 50.4 Å². The van der Waals surface area contributed by atoms with E-state index in [-0.39, 0.29) is 5.91 Å². The van der Waals surface area contributed by atoms with E-state index in [1.54, 1.807) is 7.11 Å². The van der Waals surface area contributed by atoms with Crippen molar-refractivity contribution < 1.29 is 14.3 Å². The Morgan fingerprint density at radius 1 is 1.29 bits per heavy atom. The van der Waals surface area contributed by atoms with Crippen molar-refractivity contribution in [3.63, 3.8) is 0 Å². The molecule has 1 aliphatic carbocycles. The number of methoxy groups -OCH3 is 1. The van der Waals surface area contributed by atoms with Crippen LogP contribution >= 0.6 is 0 Å². The van der Waals surface area contributed by atoms with Crippen molar-refractivity contribution in [3.05, 3.63) is 29.3 Å². The van der Waals surface area contributed by atoms with Gasteiger partial charge < -0.3 is 20.1 Å². The number of rotatable bonds is 6. The van der Waals surface area contributed by atoms with Crippen LogP contribution in [-0.4, -0.2) is 50.3 Å². The van der Waals surface area contributed by atoms with Crippen molar-refractivity contribution in [2.24, 2.45) is 17.6 Å². The van der Waals surface area contributed by atoms with Crippen molar-refractivity contribution >= 4 is 5.91 Å². The minimum Gasteiger partial charge on any atom is -0.493 e. The number of hydrogen-bond donors (Lipinski definition) is 1. The van der Waals surface area contributed by atoms with Gasteiger partial charge in [-0.25, -0.2) is 0 Å². The number of piperidine rings is 1. The molecular weight excluding hydrogens is 304 g/mol. The molecule has 1 amide bonds. The smallest absolute Gasteiger partial charge is 0.257 e. The molecule has 2 aliphatic rings. The number of nitrogens with two attached hydrogens (primary N) is 1. The highest BCUT2D eigenvalue weighted by molar-refractivity contribution is 5.97. The van der Waals surface area contributed by atoms with Crippen molar-refractivity contribution in [1.29, 1.82) is 0 Å². The number of nitrogens with zero attached hydrogens (tertiary/aromatic N) is 1. The Morgan fingerprint density at radius 2 is 2.00 bits per heavy atom. The summed E-state index contributed by atoms with van der Waals surface area (Å²) in [6.45, 7) is 4.70. The second-order valence-corrected chi connectivity index (χ2v) is 7.00. The van der Waals surface area contributed by atoms with Crippen LogP contribution in [0.25, 0.3) is 0 Å². The Hall–Kier alpha value is -1.59. The van der Waals surface area contributed by atoms with Crippen molar-refractivity contribution in [1.82, 2.24) is 4.90 Å². The lowest BCUT2D eigenvalue weighted by Gasteiger charge is -2.37. The summed E-state index contributed by atoms with van der Waals surface area (Å²) in [5.74, 6) is 1.67. The molecule has 1 aromatic rings. The number of hydrogen-bond acceptors (Lipinski definition) is 4. The van der Waals surface area contributed by atoms with Crippen molar-refractivity contribution in [3.8, 4) is 5.75 Å². The predicted molar refractivity (Wildman–Crippen MR) is 93.3 cm³/mol. The van der Waals surface area contributed by atoms with Crippen LogP contribution in [-0.2, 0) is 4.74 Å². The highest BCUT2D eigenvalue weighted by Crippen LogP contribution is 2.39. The first-order valence-electron chi connectivity index (χ1n) is 8.89. The Morgan fingerprint density at radius 3 is 2.62 bits per heavy atom. The molecule has 3 atom stereocenters. The minimum absolute atomic E-state index is 0.0733. The van der Waals surface area contributed by atoms with Gasteiger partial charge in [0, 0.05) is 32.0 Å². The third-order valence-electron chi connectivity index (χ3n) is 5.28. The van der Waals surface area contributed by atoms with Gasteiger partial charge in [0.05, 0.1) is 18.3 Å². The zero-order valence-corrected chi connectivity index (χ0v) is 14.7. The standard InChI is InChI=1S/C19H28N2O3/c1-13-4-7-16(17(10-13)24-9-3-8-20)19(22)21-11-14-5-6-15(12-21)18(14)23-2/h4,7,10,14-15,18H,3,5-6,8-9,11-12,20H2,1-2H3/t14-,15+,18?. The van der Waals surface area contributed by atoms with Gasteiger partial charge in [0.25, 0.3) is 5.91 Å². The van der Waals surface area contributed by atoms with E-state index in [0.29, 0.717) is 42.4 Å². The maximum atomic E-state index is 13.1. The fourth-order valence-corrected chi connectivity index (χ4v) is 4.08. The van der Waals surface area contributed by atoms with Gasteiger partial charge in [-0.2, -0.15) is 0 Å². The van der Waals surface area contributed by atoms with Gasteiger partial charge >= 0.3 is 0 Å². The van der Waals surface area contributed by atoms with E-state index in [4.69, 9.17) is 15.2 Å².